The van der Waals surface area contributed by atoms with Crippen molar-refractivity contribution in [2.75, 3.05) is 0 Å². The standard InChI is InChI=1S/C10H15NO/c1-4-8-6-7-10(3,11-12)9(8)5-2/h4-5,11-12H,1-2,6-7H2,3H3. The van der Waals surface area contributed by atoms with E-state index >= 15 is 0 Å². The number of hydrogen-bond donors (Lipinski definition) is 2. The van der Waals surface area contributed by atoms with Gasteiger partial charge in [-0.25, -0.2) is 0 Å². The van der Waals surface area contributed by atoms with Crippen molar-refractivity contribution in [3.63, 3.8) is 0 Å². The lowest BCUT2D eigenvalue weighted by Crippen LogP contribution is -2.39. The van der Waals surface area contributed by atoms with Gasteiger partial charge >= 0.3 is 0 Å². The van der Waals surface area contributed by atoms with Gasteiger partial charge in [-0.3, -0.25) is 0 Å². The van der Waals surface area contributed by atoms with Gasteiger partial charge in [-0.1, -0.05) is 25.3 Å². The van der Waals surface area contributed by atoms with Crippen LogP contribution >= 0.6 is 0 Å². The van der Waals surface area contributed by atoms with Crippen molar-refractivity contribution in [2.45, 2.75) is 25.3 Å². The van der Waals surface area contributed by atoms with Gasteiger partial charge in [0.05, 0.1) is 5.54 Å². The van der Waals surface area contributed by atoms with Gasteiger partial charge in [-0.2, -0.15) is 5.48 Å². The van der Waals surface area contributed by atoms with Crippen molar-refractivity contribution in [2.24, 2.45) is 0 Å². The molecule has 0 aliphatic heterocycles. The van der Waals surface area contributed by atoms with Crippen LogP contribution in [0.1, 0.15) is 19.8 Å². The van der Waals surface area contributed by atoms with Crippen molar-refractivity contribution in [3.05, 3.63) is 36.5 Å². The first-order valence-electron chi connectivity index (χ1n) is 4.07. The second-order valence-corrected chi connectivity index (χ2v) is 3.29. The molecule has 1 aliphatic rings. The Bertz CT molecular complexity index is 242. The zero-order valence-electron chi connectivity index (χ0n) is 7.43. The Morgan fingerprint density at radius 3 is 2.58 bits per heavy atom. The highest BCUT2D eigenvalue weighted by Crippen LogP contribution is 2.35. The minimum atomic E-state index is -0.328. The minimum absolute atomic E-state index is 0.328. The van der Waals surface area contributed by atoms with Crippen LogP contribution in [0, 0.1) is 0 Å². The Balaban J connectivity index is 3.05. The molecule has 2 nitrogen and oxygen atoms in total. The molecule has 0 heterocycles. The van der Waals surface area contributed by atoms with Crippen LogP contribution < -0.4 is 5.48 Å². The van der Waals surface area contributed by atoms with Crippen LogP contribution in [0.5, 0.6) is 0 Å². The summed E-state index contributed by atoms with van der Waals surface area (Å²) in [4.78, 5) is 0. The Morgan fingerprint density at radius 1 is 1.50 bits per heavy atom. The van der Waals surface area contributed by atoms with E-state index in [2.05, 4.69) is 18.6 Å². The number of nitrogens with one attached hydrogen (secondary N) is 1. The third-order valence-electron chi connectivity index (χ3n) is 2.53. The SMILES string of the molecule is C=CC1=C(C=C)C(C)(NO)CC1. The monoisotopic (exact) mass is 165 g/mol. The molecular weight excluding hydrogens is 150 g/mol. The molecule has 0 aromatic rings. The summed E-state index contributed by atoms with van der Waals surface area (Å²) >= 11 is 0. The number of hydrogen-bond acceptors (Lipinski definition) is 2. The lowest BCUT2D eigenvalue weighted by molar-refractivity contribution is 0.0929. The van der Waals surface area contributed by atoms with Gasteiger partial charge in [-0.15, -0.1) is 0 Å². The first-order valence-corrected chi connectivity index (χ1v) is 4.07. The molecule has 0 aromatic carbocycles. The normalized spacial score (nSPS) is 29.2. The average Bonchev–Trinajstić information content (AvgIpc) is 2.43. The van der Waals surface area contributed by atoms with Gasteiger partial charge in [0.15, 0.2) is 0 Å². The summed E-state index contributed by atoms with van der Waals surface area (Å²) in [5.41, 5.74) is 4.23. The first-order chi connectivity index (χ1) is 5.68. The molecule has 1 rings (SSSR count). The molecule has 0 saturated heterocycles. The topological polar surface area (TPSA) is 32.3 Å². The molecule has 2 heteroatoms. The molecule has 0 spiro atoms. The summed E-state index contributed by atoms with van der Waals surface area (Å²) < 4.78 is 0. The van der Waals surface area contributed by atoms with Crippen LogP contribution in [0.3, 0.4) is 0 Å². The molecule has 1 unspecified atom stereocenters. The van der Waals surface area contributed by atoms with Crippen molar-refractivity contribution in [1.29, 1.82) is 0 Å². The Morgan fingerprint density at radius 2 is 2.17 bits per heavy atom. The van der Waals surface area contributed by atoms with E-state index in [1.54, 1.807) is 6.08 Å². The molecule has 2 N–H and O–H groups in total. The van der Waals surface area contributed by atoms with E-state index in [0.29, 0.717) is 0 Å². The second-order valence-electron chi connectivity index (χ2n) is 3.29. The van der Waals surface area contributed by atoms with Crippen LogP contribution in [0.4, 0.5) is 0 Å². The zero-order chi connectivity index (χ0) is 9.19. The molecule has 0 radical (unpaired) electrons. The maximum atomic E-state index is 8.97. The quantitative estimate of drug-likeness (QED) is 0.628. The number of rotatable bonds is 3. The summed E-state index contributed by atoms with van der Waals surface area (Å²) in [6, 6.07) is 0. The Hall–Kier alpha value is -0.860. The van der Waals surface area contributed by atoms with E-state index in [9.17, 15) is 0 Å². The highest BCUT2D eigenvalue weighted by atomic mass is 16.5. The summed E-state index contributed by atoms with van der Waals surface area (Å²) in [6.45, 7) is 9.41. The van der Waals surface area contributed by atoms with E-state index in [-0.39, 0.29) is 5.54 Å². The number of allylic oxidation sites excluding steroid dienone is 2. The molecule has 0 saturated carbocycles. The van der Waals surface area contributed by atoms with Gasteiger partial charge in [0.2, 0.25) is 0 Å². The van der Waals surface area contributed by atoms with Crippen molar-refractivity contribution >= 4 is 0 Å². The molecule has 12 heavy (non-hydrogen) atoms. The average molecular weight is 165 g/mol. The zero-order valence-corrected chi connectivity index (χ0v) is 7.43. The summed E-state index contributed by atoms with van der Waals surface area (Å²) in [5, 5.41) is 8.97. The van der Waals surface area contributed by atoms with E-state index in [1.807, 2.05) is 13.0 Å². The van der Waals surface area contributed by atoms with Crippen LogP contribution in [0.2, 0.25) is 0 Å². The van der Waals surface area contributed by atoms with Gasteiger partial charge < -0.3 is 5.21 Å². The molecule has 0 amide bonds. The van der Waals surface area contributed by atoms with E-state index in [4.69, 9.17) is 5.21 Å². The first kappa shape index (κ1) is 9.23. The number of hydroxylamine groups is 1. The van der Waals surface area contributed by atoms with E-state index in [0.717, 1.165) is 18.4 Å². The van der Waals surface area contributed by atoms with Gasteiger partial charge in [-0.05, 0) is 30.9 Å². The summed E-state index contributed by atoms with van der Waals surface area (Å²) in [7, 11) is 0. The van der Waals surface area contributed by atoms with Gasteiger partial charge in [0, 0.05) is 0 Å². The van der Waals surface area contributed by atoms with Crippen LogP contribution in [-0.2, 0) is 0 Å². The lowest BCUT2D eigenvalue weighted by atomic mass is 9.94. The lowest BCUT2D eigenvalue weighted by Gasteiger charge is -2.24. The molecule has 0 aromatic heterocycles. The molecule has 1 atom stereocenters. The van der Waals surface area contributed by atoms with E-state index < -0.39 is 0 Å². The van der Waals surface area contributed by atoms with Crippen LogP contribution in [-0.4, -0.2) is 10.7 Å². The third kappa shape index (κ3) is 1.24. The van der Waals surface area contributed by atoms with E-state index in [1.165, 1.54) is 5.57 Å². The minimum Gasteiger partial charge on any atom is -0.316 e. The molecule has 66 valence electrons. The molecule has 0 fully saturated rings. The largest absolute Gasteiger partial charge is 0.316 e. The van der Waals surface area contributed by atoms with Crippen LogP contribution in [0.25, 0.3) is 0 Å². The third-order valence-corrected chi connectivity index (χ3v) is 2.53. The molecular formula is C10H15NO. The fourth-order valence-electron chi connectivity index (χ4n) is 1.69. The summed E-state index contributed by atoms with van der Waals surface area (Å²) in [6.07, 6.45) is 5.47. The maximum absolute atomic E-state index is 8.97. The highest BCUT2D eigenvalue weighted by molar-refractivity contribution is 5.43. The van der Waals surface area contributed by atoms with Crippen molar-refractivity contribution in [3.8, 4) is 0 Å². The molecule has 0 bridgehead atoms. The molecule has 1 aliphatic carbocycles. The summed E-state index contributed by atoms with van der Waals surface area (Å²) in [5.74, 6) is 0. The highest BCUT2D eigenvalue weighted by Gasteiger charge is 2.33. The fraction of sp³-hybridized carbons (Fsp3) is 0.400. The Labute approximate surface area is 73.2 Å². The fourth-order valence-corrected chi connectivity index (χ4v) is 1.69. The maximum Gasteiger partial charge on any atom is 0.0655 e. The predicted octanol–water partition coefficient (Wildman–Crippen LogP) is 2.19. The van der Waals surface area contributed by atoms with Crippen molar-refractivity contribution in [1.82, 2.24) is 5.48 Å². The smallest absolute Gasteiger partial charge is 0.0655 e. The Kier molecular flexibility index (Phi) is 2.50. The van der Waals surface area contributed by atoms with Gasteiger partial charge in [0.1, 0.15) is 0 Å². The van der Waals surface area contributed by atoms with Crippen molar-refractivity contribution < 1.29 is 5.21 Å². The predicted molar refractivity (Wildman–Crippen MR) is 50.0 cm³/mol. The van der Waals surface area contributed by atoms with Gasteiger partial charge in [0.25, 0.3) is 0 Å². The second kappa shape index (κ2) is 3.25. The van der Waals surface area contributed by atoms with Crippen LogP contribution in [0.15, 0.2) is 36.5 Å².